The lowest BCUT2D eigenvalue weighted by Crippen LogP contribution is -2.14. The van der Waals surface area contributed by atoms with E-state index in [1.54, 1.807) is 36.6 Å². The van der Waals surface area contributed by atoms with Crippen LogP contribution < -0.4 is 10.6 Å². The molecule has 2 aromatic carbocycles. The Hall–Kier alpha value is -2.88. The highest BCUT2D eigenvalue weighted by molar-refractivity contribution is 8.00. The molecule has 0 saturated heterocycles. The number of benzene rings is 2. The molecule has 10 heteroatoms. The molecule has 0 aliphatic carbocycles. The van der Waals surface area contributed by atoms with Gasteiger partial charge >= 0.3 is 5.97 Å². The fourth-order valence-electron chi connectivity index (χ4n) is 2.74. The maximum absolute atomic E-state index is 12.2. The summed E-state index contributed by atoms with van der Waals surface area (Å²) in [6, 6.07) is 14.4. The maximum Gasteiger partial charge on any atom is 0.311 e. The highest BCUT2D eigenvalue weighted by atomic mass is 35.5. The molecule has 7 nitrogen and oxygen atoms in total. The number of aromatic nitrogens is 1. The van der Waals surface area contributed by atoms with Crippen LogP contribution in [0.1, 0.15) is 18.2 Å². The fourth-order valence-corrected chi connectivity index (χ4v) is 4.29. The lowest BCUT2D eigenvalue weighted by molar-refractivity contribution is -0.142. The van der Waals surface area contributed by atoms with Crippen molar-refractivity contribution in [2.75, 3.05) is 23.0 Å². The second kappa shape index (κ2) is 12.4. The van der Waals surface area contributed by atoms with E-state index in [0.717, 1.165) is 10.5 Å². The molecule has 1 heterocycles. The lowest BCUT2D eigenvalue weighted by atomic mass is 10.1. The van der Waals surface area contributed by atoms with Crippen molar-refractivity contribution in [3.8, 4) is 0 Å². The third kappa shape index (κ3) is 8.53. The molecular weight excluding hydrogens is 482 g/mol. The molecule has 0 saturated carbocycles. The van der Waals surface area contributed by atoms with E-state index in [2.05, 4.69) is 15.6 Å². The van der Waals surface area contributed by atoms with Gasteiger partial charge in [0, 0.05) is 21.0 Å². The number of hydrogen-bond donors (Lipinski definition) is 2. The number of rotatable bonds is 10. The first kappa shape index (κ1) is 24.8. The van der Waals surface area contributed by atoms with Crippen LogP contribution in [0.25, 0.3) is 0 Å². The van der Waals surface area contributed by atoms with Gasteiger partial charge in [-0.05, 0) is 48.9 Å². The molecule has 0 aliphatic rings. The van der Waals surface area contributed by atoms with E-state index < -0.39 is 0 Å². The quantitative estimate of drug-likeness (QED) is 0.304. The Labute approximate surface area is 204 Å². The zero-order valence-electron chi connectivity index (χ0n) is 17.8. The molecule has 0 atom stereocenters. The van der Waals surface area contributed by atoms with Gasteiger partial charge in [0.15, 0.2) is 5.13 Å². The summed E-state index contributed by atoms with van der Waals surface area (Å²) < 4.78 is 4.89. The molecule has 33 heavy (non-hydrogen) atoms. The van der Waals surface area contributed by atoms with E-state index in [4.69, 9.17) is 16.3 Å². The normalized spacial score (nSPS) is 10.5. The SMILES string of the molecule is CCOC(=O)Cc1csc(NC(=O)CSc2ccc(NC(=O)Cc3ccc(Cl)cc3)cc2)n1. The van der Waals surface area contributed by atoms with Gasteiger partial charge in [-0.3, -0.25) is 14.4 Å². The van der Waals surface area contributed by atoms with Crippen molar-refractivity contribution in [1.82, 2.24) is 4.98 Å². The minimum atomic E-state index is -0.346. The van der Waals surface area contributed by atoms with Gasteiger partial charge in [-0.2, -0.15) is 0 Å². The summed E-state index contributed by atoms with van der Waals surface area (Å²) in [5.74, 6) is -0.462. The Balaban J connectivity index is 1.42. The first-order chi connectivity index (χ1) is 15.9. The van der Waals surface area contributed by atoms with E-state index in [1.165, 1.54) is 23.1 Å². The number of anilines is 2. The average molecular weight is 504 g/mol. The van der Waals surface area contributed by atoms with Crippen molar-refractivity contribution >= 4 is 63.3 Å². The van der Waals surface area contributed by atoms with E-state index in [0.29, 0.717) is 28.1 Å². The minimum absolute atomic E-state index is 0.0809. The summed E-state index contributed by atoms with van der Waals surface area (Å²) in [5, 5.41) is 8.38. The highest BCUT2D eigenvalue weighted by Crippen LogP contribution is 2.22. The Bertz CT molecular complexity index is 1100. The number of esters is 1. The topological polar surface area (TPSA) is 97.4 Å². The second-order valence-electron chi connectivity index (χ2n) is 6.84. The molecule has 0 unspecified atom stereocenters. The van der Waals surface area contributed by atoms with E-state index >= 15 is 0 Å². The van der Waals surface area contributed by atoms with Crippen LogP contribution in [0.15, 0.2) is 58.8 Å². The summed E-state index contributed by atoms with van der Waals surface area (Å²) in [5.41, 5.74) is 2.12. The zero-order chi connectivity index (χ0) is 23.6. The number of thioether (sulfide) groups is 1. The molecule has 3 rings (SSSR count). The van der Waals surface area contributed by atoms with Gasteiger partial charge in [0.2, 0.25) is 11.8 Å². The summed E-state index contributed by atoms with van der Waals surface area (Å²) in [4.78, 5) is 41.0. The highest BCUT2D eigenvalue weighted by Gasteiger charge is 2.11. The first-order valence-corrected chi connectivity index (χ1v) is 12.3. The number of nitrogens with zero attached hydrogens (tertiary/aromatic N) is 1. The molecule has 3 aromatic rings. The van der Waals surface area contributed by atoms with Crippen molar-refractivity contribution in [2.24, 2.45) is 0 Å². The maximum atomic E-state index is 12.2. The third-order valence-electron chi connectivity index (χ3n) is 4.21. The van der Waals surface area contributed by atoms with Gasteiger partial charge in [-0.15, -0.1) is 23.1 Å². The standard InChI is InChI=1S/C23H22ClN3O4S2/c1-2-31-22(30)12-18-13-33-23(26-18)27-21(29)14-32-19-9-7-17(8-10-19)25-20(28)11-15-3-5-16(24)6-4-15/h3-10,13H,2,11-12,14H2,1H3,(H,25,28)(H,26,27,29). The predicted octanol–water partition coefficient (Wildman–Crippen LogP) is 4.81. The number of ether oxygens (including phenoxy) is 1. The van der Waals surface area contributed by atoms with Gasteiger partial charge in [-0.1, -0.05) is 23.7 Å². The number of carbonyl (C=O) groups is 3. The van der Waals surface area contributed by atoms with E-state index in [-0.39, 0.29) is 36.4 Å². The fraction of sp³-hybridized carbons (Fsp3) is 0.217. The van der Waals surface area contributed by atoms with Crippen LogP contribution in [-0.2, 0) is 32.0 Å². The van der Waals surface area contributed by atoms with Crippen LogP contribution >= 0.6 is 34.7 Å². The summed E-state index contributed by atoms with van der Waals surface area (Å²) >= 11 is 8.49. The number of amides is 2. The molecule has 0 aliphatic heterocycles. The lowest BCUT2D eigenvalue weighted by Gasteiger charge is -2.07. The van der Waals surface area contributed by atoms with Crippen LogP contribution in [0, 0.1) is 0 Å². The van der Waals surface area contributed by atoms with Gasteiger partial charge in [0.05, 0.1) is 30.9 Å². The summed E-state index contributed by atoms with van der Waals surface area (Å²) in [6.07, 6.45) is 0.337. The molecule has 0 fully saturated rings. The molecule has 1 aromatic heterocycles. The van der Waals surface area contributed by atoms with Crippen molar-refractivity contribution in [3.63, 3.8) is 0 Å². The average Bonchev–Trinajstić information content (AvgIpc) is 3.21. The molecule has 2 amide bonds. The smallest absolute Gasteiger partial charge is 0.311 e. The third-order valence-corrected chi connectivity index (χ3v) is 6.29. The van der Waals surface area contributed by atoms with Crippen molar-refractivity contribution in [3.05, 3.63) is 70.2 Å². The van der Waals surface area contributed by atoms with Gasteiger partial charge in [0.1, 0.15) is 0 Å². The number of hydrogen-bond acceptors (Lipinski definition) is 7. The van der Waals surface area contributed by atoms with Gasteiger partial charge in [-0.25, -0.2) is 4.98 Å². The Morgan fingerprint density at radius 3 is 2.42 bits per heavy atom. The van der Waals surface area contributed by atoms with Crippen LogP contribution in [0.2, 0.25) is 5.02 Å². The second-order valence-corrected chi connectivity index (χ2v) is 9.18. The van der Waals surface area contributed by atoms with Gasteiger partial charge in [0.25, 0.3) is 0 Å². The number of carbonyl (C=O) groups excluding carboxylic acids is 3. The largest absolute Gasteiger partial charge is 0.466 e. The zero-order valence-corrected chi connectivity index (χ0v) is 20.2. The number of nitrogens with one attached hydrogen (secondary N) is 2. The predicted molar refractivity (Wildman–Crippen MR) is 132 cm³/mol. The van der Waals surface area contributed by atoms with E-state index in [9.17, 15) is 14.4 Å². The van der Waals surface area contributed by atoms with Crippen LogP contribution in [0.4, 0.5) is 10.8 Å². The molecule has 0 spiro atoms. The number of halogens is 1. The van der Waals surface area contributed by atoms with Crippen LogP contribution in [0.5, 0.6) is 0 Å². The molecule has 0 bridgehead atoms. The minimum Gasteiger partial charge on any atom is -0.466 e. The molecular formula is C23H22ClN3O4S2. The Morgan fingerprint density at radius 1 is 1.00 bits per heavy atom. The Kier molecular flexibility index (Phi) is 9.29. The monoisotopic (exact) mass is 503 g/mol. The first-order valence-electron chi connectivity index (χ1n) is 10.1. The Morgan fingerprint density at radius 2 is 1.73 bits per heavy atom. The molecule has 0 radical (unpaired) electrons. The van der Waals surface area contributed by atoms with Crippen LogP contribution in [0.3, 0.4) is 0 Å². The summed E-state index contributed by atoms with van der Waals surface area (Å²) in [6.45, 7) is 2.06. The van der Waals surface area contributed by atoms with Crippen molar-refractivity contribution < 1.29 is 19.1 Å². The van der Waals surface area contributed by atoms with Gasteiger partial charge < -0.3 is 15.4 Å². The van der Waals surface area contributed by atoms with Crippen molar-refractivity contribution in [2.45, 2.75) is 24.7 Å². The van der Waals surface area contributed by atoms with Crippen LogP contribution in [-0.4, -0.2) is 35.1 Å². The molecule has 2 N–H and O–H groups in total. The molecule has 172 valence electrons. The van der Waals surface area contributed by atoms with E-state index in [1.807, 2.05) is 24.3 Å². The van der Waals surface area contributed by atoms with Crippen molar-refractivity contribution in [1.29, 1.82) is 0 Å². The summed E-state index contributed by atoms with van der Waals surface area (Å²) in [7, 11) is 0. The number of thiazole rings is 1.